The number of hydrogen-bond acceptors (Lipinski definition) is 3. The van der Waals surface area contributed by atoms with Crippen LogP contribution >= 0.6 is 0 Å². The fourth-order valence-corrected chi connectivity index (χ4v) is 2.52. The number of nitrogens with zero attached hydrogens (tertiary/aromatic N) is 1. The van der Waals surface area contributed by atoms with E-state index in [1.54, 1.807) is 6.20 Å². The van der Waals surface area contributed by atoms with Crippen molar-refractivity contribution in [2.45, 2.75) is 12.8 Å². The molecule has 1 fully saturated rings. The Bertz CT molecular complexity index is 573. The van der Waals surface area contributed by atoms with Gasteiger partial charge in [-0.3, -0.25) is 9.78 Å². The lowest BCUT2D eigenvalue weighted by Gasteiger charge is -2.07. The molecule has 1 aliphatic rings. The standard InChI is InChI=1S/C15H16N2O/c18-15(8-11-5-7-16-10-11)13-3-4-14-12(9-13)2-1-6-17-14/h1-4,6,9,11,16H,5,7-8,10H2. The molecule has 1 unspecified atom stereocenters. The number of carbonyl (C=O) groups excluding carboxylic acids is 1. The molecule has 0 amide bonds. The number of rotatable bonds is 3. The molecule has 0 bridgehead atoms. The van der Waals surface area contributed by atoms with Crippen molar-refractivity contribution in [1.82, 2.24) is 10.3 Å². The maximum absolute atomic E-state index is 12.2. The summed E-state index contributed by atoms with van der Waals surface area (Å²) in [5.41, 5.74) is 1.75. The molecule has 0 radical (unpaired) electrons. The maximum atomic E-state index is 12.2. The predicted molar refractivity (Wildman–Crippen MR) is 71.7 cm³/mol. The number of ketones is 1. The molecule has 18 heavy (non-hydrogen) atoms. The van der Waals surface area contributed by atoms with Crippen LogP contribution in [0.4, 0.5) is 0 Å². The number of Topliss-reactive ketones (excluding diaryl/α,β-unsaturated/α-hetero) is 1. The monoisotopic (exact) mass is 240 g/mol. The summed E-state index contributed by atoms with van der Waals surface area (Å²) in [6, 6.07) is 9.66. The highest BCUT2D eigenvalue weighted by atomic mass is 16.1. The van der Waals surface area contributed by atoms with Gasteiger partial charge >= 0.3 is 0 Å². The first-order valence-corrected chi connectivity index (χ1v) is 6.41. The van der Waals surface area contributed by atoms with E-state index in [1.165, 1.54) is 0 Å². The lowest BCUT2D eigenvalue weighted by atomic mass is 9.97. The SMILES string of the molecule is O=C(CC1CCNC1)c1ccc2ncccc2c1. The van der Waals surface area contributed by atoms with E-state index in [4.69, 9.17) is 0 Å². The van der Waals surface area contributed by atoms with E-state index >= 15 is 0 Å². The molecular weight excluding hydrogens is 224 g/mol. The summed E-state index contributed by atoms with van der Waals surface area (Å²) in [5, 5.41) is 4.33. The molecule has 1 aliphatic heterocycles. The van der Waals surface area contributed by atoms with Crippen LogP contribution in [-0.2, 0) is 0 Å². The van der Waals surface area contributed by atoms with Crippen LogP contribution in [0, 0.1) is 5.92 Å². The van der Waals surface area contributed by atoms with Crippen molar-refractivity contribution in [2.75, 3.05) is 13.1 Å². The van der Waals surface area contributed by atoms with Gasteiger partial charge in [0.1, 0.15) is 0 Å². The predicted octanol–water partition coefficient (Wildman–Crippen LogP) is 2.42. The van der Waals surface area contributed by atoms with Gasteiger partial charge in [0.15, 0.2) is 5.78 Å². The average Bonchev–Trinajstić information content (AvgIpc) is 2.91. The van der Waals surface area contributed by atoms with E-state index in [-0.39, 0.29) is 5.78 Å². The zero-order valence-corrected chi connectivity index (χ0v) is 10.2. The molecule has 0 spiro atoms. The van der Waals surface area contributed by atoms with Crippen LogP contribution < -0.4 is 5.32 Å². The first-order valence-electron chi connectivity index (χ1n) is 6.41. The third-order valence-corrected chi connectivity index (χ3v) is 3.56. The second-order valence-electron chi connectivity index (χ2n) is 4.90. The molecule has 2 aromatic rings. The Labute approximate surface area is 106 Å². The van der Waals surface area contributed by atoms with E-state index in [0.29, 0.717) is 12.3 Å². The third-order valence-electron chi connectivity index (χ3n) is 3.56. The molecule has 0 saturated carbocycles. The van der Waals surface area contributed by atoms with Crippen LogP contribution in [0.3, 0.4) is 0 Å². The number of carbonyl (C=O) groups is 1. The minimum atomic E-state index is 0.245. The van der Waals surface area contributed by atoms with E-state index in [1.807, 2.05) is 30.3 Å². The summed E-state index contributed by atoms with van der Waals surface area (Å²) in [6.07, 6.45) is 3.54. The summed E-state index contributed by atoms with van der Waals surface area (Å²) in [4.78, 5) is 16.5. The number of nitrogens with one attached hydrogen (secondary N) is 1. The molecule has 3 rings (SSSR count). The Morgan fingerprint density at radius 3 is 3.17 bits per heavy atom. The Balaban J connectivity index is 1.82. The van der Waals surface area contributed by atoms with Gasteiger partial charge in [0.2, 0.25) is 0 Å². The molecule has 3 heteroatoms. The van der Waals surface area contributed by atoms with Gasteiger partial charge in [-0.05, 0) is 49.7 Å². The molecule has 1 N–H and O–H groups in total. The quantitative estimate of drug-likeness (QED) is 0.838. The average molecular weight is 240 g/mol. The van der Waals surface area contributed by atoms with Crippen molar-refractivity contribution in [3.05, 3.63) is 42.1 Å². The molecule has 3 nitrogen and oxygen atoms in total. The molecule has 1 saturated heterocycles. The van der Waals surface area contributed by atoms with Crippen LogP contribution in [0.5, 0.6) is 0 Å². The van der Waals surface area contributed by atoms with Gasteiger partial charge in [-0.2, -0.15) is 0 Å². The maximum Gasteiger partial charge on any atom is 0.163 e. The summed E-state index contributed by atoms with van der Waals surface area (Å²) < 4.78 is 0. The first-order chi connectivity index (χ1) is 8.83. The van der Waals surface area contributed by atoms with Gasteiger partial charge in [0.05, 0.1) is 5.52 Å². The van der Waals surface area contributed by atoms with Crippen molar-refractivity contribution in [2.24, 2.45) is 5.92 Å². The van der Waals surface area contributed by atoms with Crippen molar-refractivity contribution in [3.63, 3.8) is 0 Å². The number of hydrogen-bond donors (Lipinski definition) is 1. The van der Waals surface area contributed by atoms with E-state index in [0.717, 1.165) is 36.0 Å². The summed E-state index contributed by atoms with van der Waals surface area (Å²) >= 11 is 0. The molecule has 2 heterocycles. The van der Waals surface area contributed by atoms with E-state index < -0.39 is 0 Å². The Hall–Kier alpha value is -1.74. The fraction of sp³-hybridized carbons (Fsp3) is 0.333. The molecule has 1 atom stereocenters. The van der Waals surface area contributed by atoms with Gasteiger partial charge < -0.3 is 5.32 Å². The number of fused-ring (bicyclic) bond motifs is 1. The highest BCUT2D eigenvalue weighted by molar-refractivity contribution is 5.99. The van der Waals surface area contributed by atoms with Crippen molar-refractivity contribution in [1.29, 1.82) is 0 Å². The van der Waals surface area contributed by atoms with Crippen LogP contribution in [-0.4, -0.2) is 23.9 Å². The first kappa shape index (κ1) is 11.4. The normalized spacial score (nSPS) is 19.2. The Kier molecular flexibility index (Phi) is 3.07. The van der Waals surface area contributed by atoms with Gasteiger partial charge in [-0.15, -0.1) is 0 Å². The molecule has 0 aliphatic carbocycles. The highest BCUT2D eigenvalue weighted by Crippen LogP contribution is 2.19. The molecular formula is C15H16N2O. The molecule has 1 aromatic heterocycles. The van der Waals surface area contributed by atoms with Crippen molar-refractivity contribution >= 4 is 16.7 Å². The van der Waals surface area contributed by atoms with Crippen molar-refractivity contribution < 1.29 is 4.79 Å². The summed E-state index contributed by atoms with van der Waals surface area (Å²) in [5.74, 6) is 0.747. The second kappa shape index (κ2) is 4.86. The van der Waals surface area contributed by atoms with E-state index in [9.17, 15) is 4.79 Å². The van der Waals surface area contributed by atoms with Crippen LogP contribution in [0.2, 0.25) is 0 Å². The number of pyridine rings is 1. The lowest BCUT2D eigenvalue weighted by Crippen LogP contribution is -2.12. The fourth-order valence-electron chi connectivity index (χ4n) is 2.52. The van der Waals surface area contributed by atoms with Gasteiger partial charge in [-0.1, -0.05) is 6.07 Å². The summed E-state index contributed by atoms with van der Waals surface area (Å²) in [6.45, 7) is 2.01. The molecule has 92 valence electrons. The minimum Gasteiger partial charge on any atom is -0.316 e. The second-order valence-corrected chi connectivity index (χ2v) is 4.90. The number of aromatic nitrogens is 1. The highest BCUT2D eigenvalue weighted by Gasteiger charge is 2.18. The van der Waals surface area contributed by atoms with Gasteiger partial charge in [-0.25, -0.2) is 0 Å². The van der Waals surface area contributed by atoms with Gasteiger partial charge in [0.25, 0.3) is 0 Å². The van der Waals surface area contributed by atoms with Gasteiger partial charge in [0, 0.05) is 23.6 Å². The topological polar surface area (TPSA) is 42.0 Å². The lowest BCUT2D eigenvalue weighted by molar-refractivity contribution is 0.0964. The number of benzene rings is 1. The summed E-state index contributed by atoms with van der Waals surface area (Å²) in [7, 11) is 0. The molecule has 1 aromatic carbocycles. The van der Waals surface area contributed by atoms with E-state index in [2.05, 4.69) is 10.3 Å². The minimum absolute atomic E-state index is 0.245. The third kappa shape index (κ3) is 2.27. The Morgan fingerprint density at radius 1 is 1.39 bits per heavy atom. The van der Waals surface area contributed by atoms with Crippen LogP contribution in [0.25, 0.3) is 10.9 Å². The van der Waals surface area contributed by atoms with Crippen molar-refractivity contribution in [3.8, 4) is 0 Å². The smallest absolute Gasteiger partial charge is 0.163 e. The van der Waals surface area contributed by atoms with Crippen LogP contribution in [0.1, 0.15) is 23.2 Å². The van der Waals surface area contributed by atoms with Crippen LogP contribution in [0.15, 0.2) is 36.5 Å². The largest absolute Gasteiger partial charge is 0.316 e. The Morgan fingerprint density at radius 2 is 2.33 bits per heavy atom. The zero-order valence-electron chi connectivity index (χ0n) is 10.2. The zero-order chi connectivity index (χ0) is 12.4.